The highest BCUT2D eigenvalue weighted by Crippen LogP contribution is 2.24. The molecule has 1 aromatic rings. The van der Waals surface area contributed by atoms with Crippen LogP contribution in [0.25, 0.3) is 0 Å². The number of amides is 1. The first-order valence-electron chi connectivity index (χ1n) is 6.27. The summed E-state index contributed by atoms with van der Waals surface area (Å²) in [6, 6.07) is 0. The highest BCUT2D eigenvalue weighted by Gasteiger charge is 2.22. The molecule has 1 saturated carbocycles. The van der Waals surface area contributed by atoms with E-state index in [9.17, 15) is 4.79 Å². The standard InChI is InChI=1S/C12H19N3O2/c1-8(2)12-15-14-10(17-12)7-13-11(16)9-5-3-4-6-9/h8-9H,3-7H2,1-2H3,(H,13,16). The predicted octanol–water partition coefficient (Wildman–Crippen LogP) is 2.00. The lowest BCUT2D eigenvalue weighted by molar-refractivity contribution is -0.125. The third-order valence-corrected chi connectivity index (χ3v) is 3.12. The minimum Gasteiger partial charge on any atom is -0.423 e. The molecule has 0 spiro atoms. The average molecular weight is 237 g/mol. The lowest BCUT2D eigenvalue weighted by atomic mass is 10.1. The highest BCUT2D eigenvalue weighted by molar-refractivity contribution is 5.78. The van der Waals surface area contributed by atoms with Crippen molar-refractivity contribution in [3.05, 3.63) is 11.8 Å². The van der Waals surface area contributed by atoms with Crippen LogP contribution >= 0.6 is 0 Å². The van der Waals surface area contributed by atoms with Gasteiger partial charge in [0, 0.05) is 11.8 Å². The number of rotatable bonds is 4. The Bertz CT molecular complexity index is 381. The molecule has 0 bridgehead atoms. The number of carbonyl (C=O) groups is 1. The Kier molecular flexibility index (Phi) is 3.76. The van der Waals surface area contributed by atoms with Gasteiger partial charge in [-0.2, -0.15) is 0 Å². The smallest absolute Gasteiger partial charge is 0.235 e. The highest BCUT2D eigenvalue weighted by atomic mass is 16.4. The van der Waals surface area contributed by atoms with Crippen LogP contribution < -0.4 is 5.32 Å². The monoisotopic (exact) mass is 237 g/mol. The van der Waals surface area contributed by atoms with Gasteiger partial charge in [0.1, 0.15) is 0 Å². The number of carbonyl (C=O) groups excluding carboxylic acids is 1. The minimum absolute atomic E-state index is 0.117. The molecule has 0 saturated heterocycles. The summed E-state index contributed by atoms with van der Waals surface area (Å²) in [4.78, 5) is 11.8. The van der Waals surface area contributed by atoms with Crippen LogP contribution in [0.1, 0.15) is 57.2 Å². The third kappa shape index (κ3) is 3.05. The fourth-order valence-corrected chi connectivity index (χ4v) is 2.07. The van der Waals surface area contributed by atoms with E-state index in [1.807, 2.05) is 13.8 Å². The molecule has 1 aliphatic carbocycles. The summed E-state index contributed by atoms with van der Waals surface area (Å²) in [5.41, 5.74) is 0. The first kappa shape index (κ1) is 12.1. The molecular formula is C12H19N3O2. The topological polar surface area (TPSA) is 68.0 Å². The summed E-state index contributed by atoms with van der Waals surface area (Å²) in [7, 11) is 0. The number of hydrogen-bond acceptors (Lipinski definition) is 4. The Morgan fingerprint density at radius 1 is 1.41 bits per heavy atom. The molecule has 1 heterocycles. The predicted molar refractivity (Wildman–Crippen MR) is 62.2 cm³/mol. The van der Waals surface area contributed by atoms with Gasteiger partial charge in [-0.25, -0.2) is 0 Å². The second kappa shape index (κ2) is 5.29. The van der Waals surface area contributed by atoms with Crippen molar-refractivity contribution < 1.29 is 9.21 Å². The Hall–Kier alpha value is -1.39. The van der Waals surface area contributed by atoms with Crippen LogP contribution in [-0.4, -0.2) is 16.1 Å². The van der Waals surface area contributed by atoms with Crippen molar-refractivity contribution in [2.45, 2.75) is 52.0 Å². The Morgan fingerprint density at radius 2 is 2.12 bits per heavy atom. The largest absolute Gasteiger partial charge is 0.423 e. The first-order valence-corrected chi connectivity index (χ1v) is 6.27. The zero-order valence-electron chi connectivity index (χ0n) is 10.4. The molecule has 2 rings (SSSR count). The molecular weight excluding hydrogens is 218 g/mol. The van der Waals surface area contributed by atoms with Crippen molar-refractivity contribution in [2.75, 3.05) is 0 Å². The number of hydrogen-bond donors (Lipinski definition) is 1. The van der Waals surface area contributed by atoms with Crippen molar-refractivity contribution in [3.63, 3.8) is 0 Å². The van der Waals surface area contributed by atoms with Gasteiger partial charge in [-0.3, -0.25) is 4.79 Å². The van der Waals surface area contributed by atoms with Crippen LogP contribution in [0.2, 0.25) is 0 Å². The summed E-state index contributed by atoms with van der Waals surface area (Å²) in [6.45, 7) is 4.33. The average Bonchev–Trinajstić information content (AvgIpc) is 2.97. The van der Waals surface area contributed by atoms with E-state index in [4.69, 9.17) is 4.42 Å². The third-order valence-electron chi connectivity index (χ3n) is 3.12. The molecule has 1 aliphatic rings. The van der Waals surface area contributed by atoms with Crippen molar-refractivity contribution in [3.8, 4) is 0 Å². The first-order chi connectivity index (χ1) is 8.16. The normalized spacial score (nSPS) is 16.6. The second-order valence-electron chi connectivity index (χ2n) is 4.89. The lowest BCUT2D eigenvalue weighted by Gasteiger charge is -2.07. The summed E-state index contributed by atoms with van der Waals surface area (Å²) >= 11 is 0. The van der Waals surface area contributed by atoms with Gasteiger partial charge in [0.05, 0.1) is 6.54 Å². The SMILES string of the molecule is CC(C)c1nnc(CNC(=O)C2CCCC2)o1. The molecule has 0 radical (unpaired) electrons. The van der Waals surface area contributed by atoms with Gasteiger partial charge in [-0.1, -0.05) is 26.7 Å². The molecule has 1 aromatic heterocycles. The van der Waals surface area contributed by atoms with Crippen LogP contribution in [0.4, 0.5) is 0 Å². The molecule has 5 heteroatoms. The molecule has 0 unspecified atom stereocenters. The number of aromatic nitrogens is 2. The van der Waals surface area contributed by atoms with E-state index >= 15 is 0 Å². The van der Waals surface area contributed by atoms with Crippen LogP contribution in [0.5, 0.6) is 0 Å². The quantitative estimate of drug-likeness (QED) is 0.869. The van der Waals surface area contributed by atoms with Crippen molar-refractivity contribution in [1.82, 2.24) is 15.5 Å². The van der Waals surface area contributed by atoms with Gasteiger partial charge in [0.15, 0.2) is 0 Å². The zero-order valence-corrected chi connectivity index (χ0v) is 10.4. The lowest BCUT2D eigenvalue weighted by Crippen LogP contribution is -2.28. The van der Waals surface area contributed by atoms with E-state index in [-0.39, 0.29) is 17.7 Å². The van der Waals surface area contributed by atoms with E-state index in [0.717, 1.165) is 25.7 Å². The molecule has 17 heavy (non-hydrogen) atoms. The summed E-state index contributed by atoms with van der Waals surface area (Å²) in [5, 5.41) is 10.7. The van der Waals surface area contributed by atoms with Gasteiger partial charge in [0.25, 0.3) is 0 Å². The van der Waals surface area contributed by atoms with Crippen molar-refractivity contribution in [2.24, 2.45) is 5.92 Å². The molecule has 0 aliphatic heterocycles. The fourth-order valence-electron chi connectivity index (χ4n) is 2.07. The summed E-state index contributed by atoms with van der Waals surface area (Å²) in [5.74, 6) is 1.63. The Balaban J connectivity index is 1.82. The second-order valence-corrected chi connectivity index (χ2v) is 4.89. The molecule has 1 N–H and O–H groups in total. The van der Waals surface area contributed by atoms with Crippen molar-refractivity contribution in [1.29, 1.82) is 0 Å². The molecule has 0 aromatic carbocycles. The van der Waals surface area contributed by atoms with E-state index < -0.39 is 0 Å². The van der Waals surface area contributed by atoms with Gasteiger partial charge in [-0.15, -0.1) is 10.2 Å². The molecule has 94 valence electrons. The Labute approximate surface area is 101 Å². The maximum atomic E-state index is 11.8. The number of nitrogens with zero attached hydrogens (tertiary/aromatic N) is 2. The molecule has 5 nitrogen and oxygen atoms in total. The van der Waals surface area contributed by atoms with Gasteiger partial charge < -0.3 is 9.73 Å². The van der Waals surface area contributed by atoms with E-state index in [0.29, 0.717) is 18.3 Å². The van der Waals surface area contributed by atoms with E-state index in [1.165, 1.54) is 0 Å². The molecule has 1 amide bonds. The van der Waals surface area contributed by atoms with Crippen molar-refractivity contribution >= 4 is 5.91 Å². The Morgan fingerprint density at radius 3 is 2.71 bits per heavy atom. The molecule has 0 atom stereocenters. The van der Waals surface area contributed by atoms with E-state index in [2.05, 4.69) is 15.5 Å². The summed E-state index contributed by atoms with van der Waals surface area (Å²) < 4.78 is 5.42. The maximum Gasteiger partial charge on any atom is 0.235 e. The maximum absolute atomic E-state index is 11.8. The molecule has 1 fully saturated rings. The van der Waals surface area contributed by atoms with Crippen LogP contribution in [-0.2, 0) is 11.3 Å². The van der Waals surface area contributed by atoms with Crippen LogP contribution in [0, 0.1) is 5.92 Å². The fraction of sp³-hybridized carbons (Fsp3) is 0.750. The van der Waals surface area contributed by atoms with Gasteiger partial charge in [-0.05, 0) is 12.8 Å². The van der Waals surface area contributed by atoms with Crippen LogP contribution in [0.3, 0.4) is 0 Å². The van der Waals surface area contributed by atoms with Crippen LogP contribution in [0.15, 0.2) is 4.42 Å². The zero-order chi connectivity index (χ0) is 12.3. The van der Waals surface area contributed by atoms with Gasteiger partial charge >= 0.3 is 0 Å². The van der Waals surface area contributed by atoms with Gasteiger partial charge in [0.2, 0.25) is 17.7 Å². The minimum atomic E-state index is 0.117. The number of nitrogens with one attached hydrogen (secondary N) is 1. The summed E-state index contributed by atoms with van der Waals surface area (Å²) in [6.07, 6.45) is 4.34. The van der Waals surface area contributed by atoms with E-state index in [1.54, 1.807) is 0 Å².